The minimum absolute atomic E-state index is 0.00625. The molecule has 0 spiro atoms. The number of hydrogen-bond donors (Lipinski definition) is 1. The van der Waals surface area contributed by atoms with Crippen LogP contribution in [0.1, 0.15) is 30.2 Å². The molecule has 2 aromatic rings. The third-order valence-electron chi connectivity index (χ3n) is 4.01. The van der Waals surface area contributed by atoms with Gasteiger partial charge in [0.1, 0.15) is 5.75 Å². The predicted octanol–water partition coefficient (Wildman–Crippen LogP) is 3.06. The minimum Gasteiger partial charge on any atom is -0.497 e. The molecule has 5 nitrogen and oxygen atoms in total. The molecule has 1 N–H and O–H groups in total. The monoisotopic (exact) mass is 331 g/mol. The largest absolute Gasteiger partial charge is 0.497 e. The highest BCUT2D eigenvalue weighted by atomic mass is 32.1. The van der Waals surface area contributed by atoms with Gasteiger partial charge in [0.15, 0.2) is 5.13 Å². The van der Waals surface area contributed by atoms with Gasteiger partial charge in [-0.3, -0.25) is 9.69 Å². The Morgan fingerprint density at radius 2 is 2.30 bits per heavy atom. The number of fused-ring (bicyclic) bond motifs is 1. The van der Waals surface area contributed by atoms with Gasteiger partial charge in [0.05, 0.1) is 12.8 Å². The summed E-state index contributed by atoms with van der Waals surface area (Å²) in [5.41, 5.74) is 3.74. The van der Waals surface area contributed by atoms with E-state index in [2.05, 4.69) is 27.3 Å². The molecule has 1 aliphatic rings. The van der Waals surface area contributed by atoms with Crippen LogP contribution in [0.4, 0.5) is 5.13 Å². The smallest absolute Gasteiger partial charge is 0.225 e. The summed E-state index contributed by atoms with van der Waals surface area (Å²) in [6.07, 6.45) is 1.50. The zero-order chi connectivity index (χ0) is 16.2. The van der Waals surface area contributed by atoms with Gasteiger partial charge in [-0.2, -0.15) is 0 Å². The molecular formula is C17H21N3O2S. The summed E-state index contributed by atoms with van der Waals surface area (Å²) in [7, 11) is 1.70. The Balaban J connectivity index is 1.62. The molecule has 3 rings (SSSR count). The van der Waals surface area contributed by atoms with Gasteiger partial charge in [0, 0.05) is 31.4 Å². The summed E-state index contributed by atoms with van der Waals surface area (Å²) < 4.78 is 5.29. The molecule has 1 aliphatic heterocycles. The number of methoxy groups -OCH3 is 1. The van der Waals surface area contributed by atoms with E-state index in [4.69, 9.17) is 4.74 Å². The standard InChI is InChI=1S/C17H21N3O2S/c1-3-16(21)19-17-18-14(11-23-17)10-20-7-6-12-8-15(22-2)5-4-13(12)9-20/h4-5,8,11H,3,6-7,9-10H2,1-2H3,(H,18,19,21). The van der Waals surface area contributed by atoms with Gasteiger partial charge in [-0.05, 0) is 29.7 Å². The molecule has 0 unspecified atom stereocenters. The van der Waals surface area contributed by atoms with E-state index in [1.54, 1.807) is 7.11 Å². The van der Waals surface area contributed by atoms with E-state index >= 15 is 0 Å². The number of aromatic nitrogens is 1. The first-order chi connectivity index (χ1) is 11.2. The molecule has 0 atom stereocenters. The molecule has 122 valence electrons. The number of ether oxygens (including phenoxy) is 1. The molecule has 2 heterocycles. The van der Waals surface area contributed by atoms with Gasteiger partial charge in [-0.15, -0.1) is 11.3 Å². The minimum atomic E-state index is 0.00625. The highest BCUT2D eigenvalue weighted by Crippen LogP contribution is 2.25. The fourth-order valence-electron chi connectivity index (χ4n) is 2.72. The lowest BCUT2D eigenvalue weighted by Gasteiger charge is -2.28. The maximum atomic E-state index is 11.4. The molecule has 1 aromatic carbocycles. The number of carbonyl (C=O) groups is 1. The summed E-state index contributed by atoms with van der Waals surface area (Å²) in [6, 6.07) is 6.30. The molecule has 0 fully saturated rings. The van der Waals surface area contributed by atoms with Crippen molar-refractivity contribution in [3.05, 3.63) is 40.4 Å². The molecule has 23 heavy (non-hydrogen) atoms. The van der Waals surface area contributed by atoms with Gasteiger partial charge in [0.2, 0.25) is 5.91 Å². The van der Waals surface area contributed by atoms with Gasteiger partial charge in [-0.1, -0.05) is 13.0 Å². The molecule has 1 amide bonds. The maximum Gasteiger partial charge on any atom is 0.225 e. The Morgan fingerprint density at radius 3 is 3.09 bits per heavy atom. The summed E-state index contributed by atoms with van der Waals surface area (Å²) in [5, 5.41) is 5.53. The number of rotatable bonds is 5. The van der Waals surface area contributed by atoms with Crippen LogP contribution in [0, 0.1) is 0 Å². The lowest BCUT2D eigenvalue weighted by Crippen LogP contribution is -2.30. The predicted molar refractivity (Wildman–Crippen MR) is 91.8 cm³/mol. The Labute approximate surface area is 140 Å². The first-order valence-electron chi connectivity index (χ1n) is 7.80. The van der Waals surface area contributed by atoms with E-state index in [-0.39, 0.29) is 5.91 Å². The Morgan fingerprint density at radius 1 is 1.43 bits per heavy atom. The van der Waals surface area contributed by atoms with E-state index in [1.807, 2.05) is 18.4 Å². The number of thiazole rings is 1. The van der Waals surface area contributed by atoms with E-state index in [0.29, 0.717) is 11.6 Å². The third kappa shape index (κ3) is 3.89. The maximum absolute atomic E-state index is 11.4. The summed E-state index contributed by atoms with van der Waals surface area (Å²) >= 11 is 1.49. The Hall–Kier alpha value is -1.92. The van der Waals surface area contributed by atoms with Crippen LogP contribution < -0.4 is 10.1 Å². The van der Waals surface area contributed by atoms with Crippen LogP contribution in [-0.4, -0.2) is 29.4 Å². The Bertz CT molecular complexity index is 699. The number of benzene rings is 1. The topological polar surface area (TPSA) is 54.5 Å². The SMILES string of the molecule is CCC(=O)Nc1nc(CN2CCc3cc(OC)ccc3C2)cs1. The molecule has 6 heteroatoms. The fraction of sp³-hybridized carbons (Fsp3) is 0.412. The van der Waals surface area contributed by atoms with Crippen molar-refractivity contribution in [3.8, 4) is 5.75 Å². The zero-order valence-corrected chi connectivity index (χ0v) is 14.3. The second kappa shape index (κ2) is 7.10. The average molecular weight is 331 g/mol. The molecular weight excluding hydrogens is 310 g/mol. The summed E-state index contributed by atoms with van der Waals surface area (Å²) in [4.78, 5) is 18.3. The van der Waals surface area contributed by atoms with Crippen LogP contribution in [-0.2, 0) is 24.3 Å². The second-order valence-corrected chi connectivity index (χ2v) is 6.50. The third-order valence-corrected chi connectivity index (χ3v) is 4.82. The van der Waals surface area contributed by atoms with Gasteiger partial charge in [-0.25, -0.2) is 4.98 Å². The van der Waals surface area contributed by atoms with Crippen molar-refractivity contribution in [2.75, 3.05) is 19.0 Å². The molecule has 0 saturated carbocycles. The van der Waals surface area contributed by atoms with E-state index < -0.39 is 0 Å². The number of anilines is 1. The first-order valence-corrected chi connectivity index (χ1v) is 8.68. The lowest BCUT2D eigenvalue weighted by molar-refractivity contribution is -0.115. The zero-order valence-electron chi connectivity index (χ0n) is 13.5. The van der Waals surface area contributed by atoms with Crippen molar-refractivity contribution in [2.45, 2.75) is 32.9 Å². The number of amides is 1. The van der Waals surface area contributed by atoms with E-state index in [1.165, 1.54) is 22.5 Å². The molecule has 0 bridgehead atoms. The second-order valence-electron chi connectivity index (χ2n) is 5.64. The quantitative estimate of drug-likeness (QED) is 0.915. The van der Waals surface area contributed by atoms with Crippen molar-refractivity contribution in [3.63, 3.8) is 0 Å². The van der Waals surface area contributed by atoms with E-state index in [9.17, 15) is 4.79 Å². The van der Waals surface area contributed by atoms with Crippen molar-refractivity contribution in [2.24, 2.45) is 0 Å². The Kier molecular flexibility index (Phi) is 4.93. The normalized spacial score (nSPS) is 14.3. The number of carbonyl (C=O) groups excluding carboxylic acids is 1. The molecule has 1 aromatic heterocycles. The van der Waals surface area contributed by atoms with Gasteiger partial charge < -0.3 is 10.1 Å². The highest BCUT2D eigenvalue weighted by molar-refractivity contribution is 7.13. The lowest BCUT2D eigenvalue weighted by atomic mass is 9.99. The van der Waals surface area contributed by atoms with Crippen molar-refractivity contribution in [1.82, 2.24) is 9.88 Å². The van der Waals surface area contributed by atoms with Gasteiger partial charge in [0.25, 0.3) is 0 Å². The number of nitrogens with zero attached hydrogens (tertiary/aromatic N) is 2. The van der Waals surface area contributed by atoms with Gasteiger partial charge >= 0.3 is 0 Å². The fourth-order valence-corrected chi connectivity index (χ4v) is 3.44. The number of nitrogens with one attached hydrogen (secondary N) is 1. The molecule has 0 saturated heterocycles. The van der Waals surface area contributed by atoms with Crippen LogP contribution >= 0.6 is 11.3 Å². The van der Waals surface area contributed by atoms with Crippen LogP contribution in [0.5, 0.6) is 5.75 Å². The van der Waals surface area contributed by atoms with Crippen LogP contribution in [0.3, 0.4) is 0 Å². The first kappa shape index (κ1) is 16.0. The molecule has 0 radical (unpaired) electrons. The average Bonchev–Trinajstić information content (AvgIpc) is 3.01. The van der Waals surface area contributed by atoms with Crippen LogP contribution in [0.2, 0.25) is 0 Å². The summed E-state index contributed by atoms with van der Waals surface area (Å²) in [6.45, 7) is 4.58. The van der Waals surface area contributed by atoms with Crippen molar-refractivity contribution in [1.29, 1.82) is 0 Å². The summed E-state index contributed by atoms with van der Waals surface area (Å²) in [5.74, 6) is 0.930. The molecule has 0 aliphatic carbocycles. The number of hydrogen-bond acceptors (Lipinski definition) is 5. The van der Waals surface area contributed by atoms with E-state index in [0.717, 1.165) is 37.5 Å². The highest BCUT2D eigenvalue weighted by Gasteiger charge is 2.18. The van der Waals surface area contributed by atoms with Crippen molar-refractivity contribution < 1.29 is 9.53 Å². The van der Waals surface area contributed by atoms with Crippen LogP contribution in [0.15, 0.2) is 23.6 Å². The van der Waals surface area contributed by atoms with Crippen LogP contribution in [0.25, 0.3) is 0 Å². The van der Waals surface area contributed by atoms with Crippen molar-refractivity contribution >= 4 is 22.4 Å².